The molecule has 0 aliphatic carbocycles. The summed E-state index contributed by atoms with van der Waals surface area (Å²) < 4.78 is 12.3. The SMILES string of the molecule is COc1ccc(-c2cnc(SCC(=O)Nc3cc(C)on3)n2-c2ccccc2C)cc1. The zero-order valence-corrected chi connectivity index (χ0v) is 18.3. The van der Waals surface area contributed by atoms with Crippen molar-refractivity contribution in [3.63, 3.8) is 0 Å². The van der Waals surface area contributed by atoms with Crippen LogP contribution in [0.15, 0.2) is 70.5 Å². The molecule has 1 amide bonds. The highest BCUT2D eigenvalue weighted by molar-refractivity contribution is 7.99. The molecule has 0 radical (unpaired) electrons. The van der Waals surface area contributed by atoms with Crippen molar-refractivity contribution < 1.29 is 14.1 Å². The summed E-state index contributed by atoms with van der Waals surface area (Å²) in [6.45, 7) is 3.83. The highest BCUT2D eigenvalue weighted by Crippen LogP contribution is 2.32. The Morgan fingerprint density at radius 1 is 1.16 bits per heavy atom. The predicted octanol–water partition coefficient (Wildman–Crippen LogP) is 4.88. The monoisotopic (exact) mass is 434 g/mol. The molecular weight excluding hydrogens is 412 g/mol. The maximum Gasteiger partial charge on any atom is 0.236 e. The predicted molar refractivity (Wildman–Crippen MR) is 121 cm³/mol. The van der Waals surface area contributed by atoms with Crippen LogP contribution in [0.4, 0.5) is 5.82 Å². The maximum absolute atomic E-state index is 12.4. The molecule has 0 aliphatic heterocycles. The summed E-state index contributed by atoms with van der Waals surface area (Å²) in [7, 11) is 1.65. The number of aryl methyl sites for hydroxylation is 2. The molecule has 31 heavy (non-hydrogen) atoms. The van der Waals surface area contributed by atoms with Crippen LogP contribution in [0.3, 0.4) is 0 Å². The quantitative estimate of drug-likeness (QED) is 0.417. The number of aromatic nitrogens is 3. The molecule has 4 aromatic rings. The largest absolute Gasteiger partial charge is 0.497 e. The fourth-order valence-corrected chi connectivity index (χ4v) is 3.97. The number of carbonyl (C=O) groups excluding carboxylic acids is 1. The number of para-hydroxylation sites is 1. The third-order valence-corrected chi connectivity index (χ3v) is 5.65. The van der Waals surface area contributed by atoms with E-state index < -0.39 is 0 Å². The number of rotatable bonds is 7. The molecular formula is C23H22N4O3S. The number of nitrogens with one attached hydrogen (secondary N) is 1. The van der Waals surface area contributed by atoms with Gasteiger partial charge in [0.25, 0.3) is 0 Å². The van der Waals surface area contributed by atoms with Crippen molar-refractivity contribution >= 4 is 23.5 Å². The van der Waals surface area contributed by atoms with Crippen molar-refractivity contribution in [2.45, 2.75) is 19.0 Å². The molecule has 0 spiro atoms. The number of hydrogen-bond acceptors (Lipinski definition) is 6. The Labute approximate surface area is 184 Å². The van der Waals surface area contributed by atoms with Gasteiger partial charge in [-0.3, -0.25) is 9.36 Å². The van der Waals surface area contributed by atoms with E-state index in [1.807, 2.05) is 48.7 Å². The number of anilines is 1. The number of nitrogens with zero attached hydrogens (tertiary/aromatic N) is 3. The average Bonchev–Trinajstić information content (AvgIpc) is 3.38. The normalized spacial score (nSPS) is 10.8. The summed E-state index contributed by atoms with van der Waals surface area (Å²) in [6, 6.07) is 17.6. The van der Waals surface area contributed by atoms with Crippen molar-refractivity contribution in [3.05, 3.63) is 72.1 Å². The van der Waals surface area contributed by atoms with Gasteiger partial charge < -0.3 is 14.6 Å². The van der Waals surface area contributed by atoms with E-state index in [9.17, 15) is 4.79 Å². The number of imidazole rings is 1. The van der Waals surface area contributed by atoms with Crippen LogP contribution in [-0.2, 0) is 4.79 Å². The van der Waals surface area contributed by atoms with Crippen LogP contribution >= 0.6 is 11.8 Å². The number of thioether (sulfide) groups is 1. The molecule has 0 unspecified atom stereocenters. The van der Waals surface area contributed by atoms with E-state index in [-0.39, 0.29) is 11.7 Å². The third kappa shape index (κ3) is 4.64. The standard InChI is InChI=1S/C23H22N4O3S/c1-15-6-4-5-7-19(15)27-20(17-8-10-18(29-3)11-9-17)13-24-23(27)31-14-22(28)25-21-12-16(2)30-26-21/h4-13H,14H2,1-3H3,(H,25,26,28). The first-order chi connectivity index (χ1) is 15.0. The van der Waals surface area contributed by atoms with Crippen LogP contribution in [-0.4, -0.2) is 33.5 Å². The highest BCUT2D eigenvalue weighted by atomic mass is 32.2. The van der Waals surface area contributed by atoms with E-state index in [1.165, 1.54) is 11.8 Å². The third-order valence-electron chi connectivity index (χ3n) is 4.70. The highest BCUT2D eigenvalue weighted by Gasteiger charge is 2.17. The maximum atomic E-state index is 12.4. The topological polar surface area (TPSA) is 82.2 Å². The Bertz CT molecular complexity index is 1200. The molecule has 158 valence electrons. The van der Waals surface area contributed by atoms with Crippen LogP contribution in [0.2, 0.25) is 0 Å². The summed E-state index contributed by atoms with van der Waals surface area (Å²) in [6.07, 6.45) is 1.83. The van der Waals surface area contributed by atoms with E-state index in [0.29, 0.717) is 11.6 Å². The van der Waals surface area contributed by atoms with E-state index in [2.05, 4.69) is 33.0 Å². The van der Waals surface area contributed by atoms with Crippen molar-refractivity contribution in [1.29, 1.82) is 0 Å². The molecule has 8 heteroatoms. The van der Waals surface area contributed by atoms with Crippen molar-refractivity contribution in [2.24, 2.45) is 0 Å². The van der Waals surface area contributed by atoms with Gasteiger partial charge in [0.05, 0.1) is 30.4 Å². The number of benzene rings is 2. The van der Waals surface area contributed by atoms with E-state index in [1.54, 1.807) is 20.1 Å². The summed E-state index contributed by atoms with van der Waals surface area (Å²) in [4.78, 5) is 17.0. The van der Waals surface area contributed by atoms with Gasteiger partial charge in [-0.25, -0.2) is 4.98 Å². The first kappa shape index (κ1) is 20.7. The number of hydrogen-bond donors (Lipinski definition) is 1. The van der Waals surface area contributed by atoms with Gasteiger partial charge in [0.1, 0.15) is 11.5 Å². The number of ether oxygens (including phenoxy) is 1. The zero-order valence-electron chi connectivity index (χ0n) is 17.5. The van der Waals surface area contributed by atoms with Gasteiger partial charge in [-0.2, -0.15) is 0 Å². The van der Waals surface area contributed by atoms with Crippen molar-refractivity contribution in [1.82, 2.24) is 14.7 Å². The zero-order chi connectivity index (χ0) is 21.8. The van der Waals surface area contributed by atoms with E-state index in [0.717, 1.165) is 33.4 Å². The lowest BCUT2D eigenvalue weighted by Gasteiger charge is -2.14. The molecule has 0 saturated heterocycles. The van der Waals surface area contributed by atoms with Crippen molar-refractivity contribution in [3.8, 4) is 22.7 Å². The molecule has 0 saturated carbocycles. The smallest absolute Gasteiger partial charge is 0.236 e. The lowest BCUT2D eigenvalue weighted by molar-refractivity contribution is -0.113. The number of methoxy groups -OCH3 is 1. The molecule has 2 heterocycles. The van der Waals surface area contributed by atoms with Gasteiger partial charge in [0.15, 0.2) is 11.0 Å². The lowest BCUT2D eigenvalue weighted by Crippen LogP contribution is -2.14. The summed E-state index contributed by atoms with van der Waals surface area (Å²) >= 11 is 1.36. The van der Waals surface area contributed by atoms with Crippen molar-refractivity contribution in [2.75, 3.05) is 18.2 Å². The Morgan fingerprint density at radius 2 is 1.94 bits per heavy atom. The second-order valence-corrected chi connectivity index (χ2v) is 7.88. The fraction of sp³-hybridized carbons (Fsp3) is 0.174. The van der Waals surface area contributed by atoms with Crippen LogP contribution in [0, 0.1) is 13.8 Å². The average molecular weight is 435 g/mol. The minimum atomic E-state index is -0.177. The minimum absolute atomic E-state index is 0.177. The van der Waals surface area contributed by atoms with Crippen LogP contribution in [0.1, 0.15) is 11.3 Å². The second-order valence-electron chi connectivity index (χ2n) is 6.94. The first-order valence-corrected chi connectivity index (χ1v) is 10.7. The minimum Gasteiger partial charge on any atom is -0.497 e. The van der Waals surface area contributed by atoms with Crippen LogP contribution in [0.25, 0.3) is 16.9 Å². The molecule has 7 nitrogen and oxygen atoms in total. The Morgan fingerprint density at radius 3 is 2.61 bits per heavy atom. The van der Waals surface area contributed by atoms with Crippen LogP contribution in [0.5, 0.6) is 5.75 Å². The molecule has 0 aliphatic rings. The van der Waals surface area contributed by atoms with Gasteiger partial charge in [0, 0.05) is 11.6 Å². The Hall–Kier alpha value is -3.52. The molecule has 0 fully saturated rings. The lowest BCUT2D eigenvalue weighted by atomic mass is 10.1. The van der Waals surface area contributed by atoms with Gasteiger partial charge in [-0.05, 0) is 49.7 Å². The Kier molecular flexibility index (Phi) is 6.08. The number of carbonyl (C=O) groups is 1. The van der Waals surface area contributed by atoms with Gasteiger partial charge in [-0.15, -0.1) is 0 Å². The van der Waals surface area contributed by atoms with Gasteiger partial charge in [-0.1, -0.05) is 35.1 Å². The Balaban J connectivity index is 1.63. The molecule has 2 aromatic heterocycles. The molecule has 1 N–H and O–H groups in total. The number of amides is 1. The van der Waals surface area contributed by atoms with E-state index >= 15 is 0 Å². The fourth-order valence-electron chi connectivity index (χ4n) is 3.18. The summed E-state index contributed by atoms with van der Waals surface area (Å²) in [5, 5.41) is 7.27. The second kappa shape index (κ2) is 9.09. The molecule has 2 aromatic carbocycles. The molecule has 4 rings (SSSR count). The molecule has 0 atom stereocenters. The first-order valence-electron chi connectivity index (χ1n) is 9.69. The molecule has 0 bridgehead atoms. The summed E-state index contributed by atoms with van der Waals surface area (Å²) in [5.74, 6) is 1.85. The summed E-state index contributed by atoms with van der Waals surface area (Å²) in [5.41, 5.74) is 4.07. The van der Waals surface area contributed by atoms with Crippen LogP contribution < -0.4 is 10.1 Å². The van der Waals surface area contributed by atoms with Gasteiger partial charge >= 0.3 is 0 Å². The van der Waals surface area contributed by atoms with E-state index in [4.69, 9.17) is 9.26 Å². The van der Waals surface area contributed by atoms with Gasteiger partial charge in [0.2, 0.25) is 5.91 Å².